The third-order valence-electron chi connectivity index (χ3n) is 7.71. The molecule has 2 fully saturated rings. The summed E-state index contributed by atoms with van der Waals surface area (Å²) in [5.74, 6) is -1.02. The number of hydrogen-bond donors (Lipinski definition) is 1. The summed E-state index contributed by atoms with van der Waals surface area (Å²) < 4.78 is 41.8. The first-order valence-corrected chi connectivity index (χ1v) is 13.0. The van der Waals surface area contributed by atoms with Gasteiger partial charge in [-0.25, -0.2) is 0 Å². The lowest BCUT2D eigenvalue weighted by Crippen LogP contribution is -2.55. The Bertz CT molecular complexity index is 1290. The molecular weight excluding hydrogens is 495 g/mol. The number of benzene rings is 2. The van der Waals surface area contributed by atoms with Crippen LogP contribution in [0.15, 0.2) is 54.7 Å². The van der Waals surface area contributed by atoms with Crippen molar-refractivity contribution >= 4 is 28.4 Å². The van der Waals surface area contributed by atoms with Gasteiger partial charge in [-0.3, -0.25) is 19.4 Å². The zero-order chi connectivity index (χ0) is 26.9. The van der Waals surface area contributed by atoms with Crippen LogP contribution in [-0.4, -0.2) is 90.4 Å². The Balaban J connectivity index is 1.36. The molecule has 7 nitrogen and oxygen atoms in total. The largest absolute Gasteiger partial charge is 0.418 e. The normalized spacial score (nSPS) is 18.2. The van der Waals surface area contributed by atoms with E-state index in [2.05, 4.69) is 21.8 Å². The molecule has 0 aliphatic carbocycles. The van der Waals surface area contributed by atoms with E-state index in [0.29, 0.717) is 24.6 Å². The van der Waals surface area contributed by atoms with Gasteiger partial charge in [-0.1, -0.05) is 18.2 Å². The summed E-state index contributed by atoms with van der Waals surface area (Å²) in [4.78, 5) is 37.4. The molecule has 1 aromatic heterocycles. The van der Waals surface area contributed by atoms with Crippen LogP contribution in [0.25, 0.3) is 10.9 Å². The molecule has 10 heteroatoms. The van der Waals surface area contributed by atoms with Gasteiger partial charge >= 0.3 is 6.18 Å². The number of piperazine rings is 1. The zero-order valence-electron chi connectivity index (χ0n) is 21.4. The van der Waals surface area contributed by atoms with E-state index in [1.165, 1.54) is 18.2 Å². The van der Waals surface area contributed by atoms with Gasteiger partial charge in [0.25, 0.3) is 5.91 Å². The summed E-state index contributed by atoms with van der Waals surface area (Å²) >= 11 is 0. The van der Waals surface area contributed by atoms with Crippen LogP contribution in [0.2, 0.25) is 0 Å². The summed E-state index contributed by atoms with van der Waals surface area (Å²) in [6, 6.07) is 12.2. The van der Waals surface area contributed by atoms with Crippen molar-refractivity contribution in [1.29, 1.82) is 0 Å². The lowest BCUT2D eigenvalue weighted by molar-refractivity contribution is -0.137. The molecule has 0 unspecified atom stereocenters. The first-order chi connectivity index (χ1) is 18.2. The standard InChI is InChI=1S/C28H32F3N5O2/c1-33-12-9-22(10-13-33)34-14-16-35(17-15-34)26(37)19-36(25-5-3-2-4-23(25)28(29,30)31)27(38)21-7-6-20-8-11-32-24(20)18-21/h2-8,11,18,22,32H,9-10,12-17,19H2,1H3. The molecule has 0 bridgehead atoms. The van der Waals surface area contributed by atoms with Crippen LogP contribution in [0.3, 0.4) is 0 Å². The minimum Gasteiger partial charge on any atom is -0.361 e. The number of aromatic nitrogens is 1. The van der Waals surface area contributed by atoms with E-state index in [1.54, 1.807) is 29.3 Å². The quantitative estimate of drug-likeness (QED) is 0.544. The van der Waals surface area contributed by atoms with Crippen LogP contribution in [0.4, 0.5) is 18.9 Å². The highest BCUT2D eigenvalue weighted by molar-refractivity contribution is 6.10. The third-order valence-corrected chi connectivity index (χ3v) is 7.71. The van der Waals surface area contributed by atoms with E-state index in [0.717, 1.165) is 55.4 Å². The van der Waals surface area contributed by atoms with Crippen LogP contribution in [-0.2, 0) is 11.0 Å². The number of aromatic amines is 1. The van der Waals surface area contributed by atoms with Crippen LogP contribution in [0.1, 0.15) is 28.8 Å². The molecule has 0 spiro atoms. The second kappa shape index (κ2) is 10.8. The number of nitrogens with one attached hydrogen (secondary N) is 1. The van der Waals surface area contributed by atoms with E-state index in [-0.39, 0.29) is 17.2 Å². The van der Waals surface area contributed by atoms with Gasteiger partial charge in [-0.05, 0) is 68.7 Å². The number of para-hydroxylation sites is 1. The maximum atomic E-state index is 13.9. The number of carbonyl (C=O) groups is 2. The fourth-order valence-corrected chi connectivity index (χ4v) is 5.48. The van der Waals surface area contributed by atoms with Crippen molar-refractivity contribution in [1.82, 2.24) is 19.7 Å². The lowest BCUT2D eigenvalue weighted by atomic mass is 10.0. The highest BCUT2D eigenvalue weighted by Gasteiger charge is 2.37. The number of likely N-dealkylation sites (tertiary alicyclic amines) is 1. The van der Waals surface area contributed by atoms with Crippen molar-refractivity contribution in [2.24, 2.45) is 0 Å². The number of carbonyl (C=O) groups excluding carboxylic acids is 2. The topological polar surface area (TPSA) is 62.9 Å². The lowest BCUT2D eigenvalue weighted by Gasteiger charge is -2.42. The summed E-state index contributed by atoms with van der Waals surface area (Å²) in [5.41, 5.74) is -0.378. The molecule has 1 N–H and O–H groups in total. The van der Waals surface area contributed by atoms with Crippen molar-refractivity contribution in [2.75, 3.05) is 57.8 Å². The predicted molar refractivity (Wildman–Crippen MR) is 140 cm³/mol. The van der Waals surface area contributed by atoms with Crippen LogP contribution < -0.4 is 4.90 Å². The van der Waals surface area contributed by atoms with Gasteiger partial charge in [0.1, 0.15) is 6.54 Å². The maximum Gasteiger partial charge on any atom is 0.418 e. The van der Waals surface area contributed by atoms with E-state index < -0.39 is 24.2 Å². The molecule has 3 heterocycles. The Morgan fingerprint density at radius 3 is 2.39 bits per heavy atom. The molecule has 2 amide bonds. The number of amides is 2. The second-order valence-electron chi connectivity index (χ2n) is 10.1. The smallest absolute Gasteiger partial charge is 0.361 e. The molecule has 2 aliphatic rings. The van der Waals surface area contributed by atoms with Crippen molar-refractivity contribution in [3.63, 3.8) is 0 Å². The number of alkyl halides is 3. The minimum atomic E-state index is -4.68. The Hall–Kier alpha value is -3.37. The summed E-state index contributed by atoms with van der Waals surface area (Å²) in [6.45, 7) is 4.04. The van der Waals surface area contributed by atoms with Gasteiger partial charge in [-0.15, -0.1) is 0 Å². The molecule has 3 aromatic rings. The Kier molecular flexibility index (Phi) is 7.45. The molecule has 2 saturated heterocycles. The molecular formula is C28H32F3N5O2. The minimum absolute atomic E-state index is 0.205. The average molecular weight is 528 g/mol. The Labute approximate surface area is 219 Å². The van der Waals surface area contributed by atoms with Crippen molar-refractivity contribution < 1.29 is 22.8 Å². The summed E-state index contributed by atoms with van der Waals surface area (Å²) in [6.07, 6.45) is -0.774. The SMILES string of the molecule is CN1CCC(N2CCN(C(=O)CN(C(=O)c3ccc4cc[nH]c4c3)c3ccccc3C(F)(F)F)CC2)CC1. The van der Waals surface area contributed by atoms with E-state index in [1.807, 2.05) is 6.07 Å². The number of hydrogen-bond acceptors (Lipinski definition) is 4. The van der Waals surface area contributed by atoms with Gasteiger partial charge in [0.2, 0.25) is 5.91 Å². The molecule has 0 radical (unpaired) electrons. The number of anilines is 1. The number of halogens is 3. The highest BCUT2D eigenvalue weighted by atomic mass is 19.4. The number of piperidine rings is 1. The summed E-state index contributed by atoms with van der Waals surface area (Å²) in [7, 11) is 2.12. The van der Waals surface area contributed by atoms with Crippen molar-refractivity contribution in [3.8, 4) is 0 Å². The van der Waals surface area contributed by atoms with Crippen molar-refractivity contribution in [2.45, 2.75) is 25.1 Å². The predicted octanol–water partition coefficient (Wildman–Crippen LogP) is 4.07. The monoisotopic (exact) mass is 527 g/mol. The Morgan fingerprint density at radius 2 is 1.68 bits per heavy atom. The number of fused-ring (bicyclic) bond motifs is 1. The van der Waals surface area contributed by atoms with Gasteiger partial charge in [-0.2, -0.15) is 13.2 Å². The number of rotatable bonds is 5. The number of nitrogens with zero attached hydrogens (tertiary/aromatic N) is 4. The fraction of sp³-hybridized carbons (Fsp3) is 0.429. The van der Waals surface area contributed by atoms with Crippen LogP contribution in [0.5, 0.6) is 0 Å². The van der Waals surface area contributed by atoms with E-state index in [9.17, 15) is 22.8 Å². The average Bonchev–Trinajstić information content (AvgIpc) is 3.39. The zero-order valence-corrected chi connectivity index (χ0v) is 21.4. The Morgan fingerprint density at radius 1 is 0.974 bits per heavy atom. The highest BCUT2D eigenvalue weighted by Crippen LogP contribution is 2.37. The molecule has 5 rings (SSSR count). The molecule has 0 atom stereocenters. The maximum absolute atomic E-state index is 13.9. The first kappa shape index (κ1) is 26.2. The molecule has 202 valence electrons. The van der Waals surface area contributed by atoms with Gasteiger partial charge in [0, 0.05) is 49.5 Å². The summed E-state index contributed by atoms with van der Waals surface area (Å²) in [5, 5.41) is 0.877. The third kappa shape index (κ3) is 5.56. The van der Waals surface area contributed by atoms with Crippen LogP contribution >= 0.6 is 0 Å². The fourth-order valence-electron chi connectivity index (χ4n) is 5.48. The van der Waals surface area contributed by atoms with E-state index >= 15 is 0 Å². The molecule has 0 saturated carbocycles. The van der Waals surface area contributed by atoms with Gasteiger partial charge in [0.05, 0.1) is 11.3 Å². The molecule has 38 heavy (non-hydrogen) atoms. The first-order valence-electron chi connectivity index (χ1n) is 13.0. The van der Waals surface area contributed by atoms with Crippen LogP contribution in [0, 0.1) is 0 Å². The van der Waals surface area contributed by atoms with E-state index in [4.69, 9.17) is 0 Å². The van der Waals surface area contributed by atoms with Gasteiger partial charge in [0.15, 0.2) is 0 Å². The second-order valence-corrected chi connectivity index (χ2v) is 10.1. The van der Waals surface area contributed by atoms with Gasteiger partial charge < -0.3 is 14.8 Å². The molecule has 2 aromatic carbocycles. The number of H-pyrrole nitrogens is 1. The molecule has 2 aliphatic heterocycles. The van der Waals surface area contributed by atoms with Crippen molar-refractivity contribution in [3.05, 3.63) is 65.9 Å².